The van der Waals surface area contributed by atoms with Crippen LogP contribution < -0.4 is 5.32 Å². The molecule has 35 heavy (non-hydrogen) atoms. The van der Waals surface area contributed by atoms with Gasteiger partial charge in [-0.2, -0.15) is 0 Å². The van der Waals surface area contributed by atoms with Crippen molar-refractivity contribution in [1.82, 2.24) is 10.2 Å². The molecule has 9 heteroatoms. The minimum atomic E-state index is -1.11. The molecule has 1 amide bonds. The van der Waals surface area contributed by atoms with Gasteiger partial charge in [0.2, 0.25) is 5.91 Å². The first-order chi connectivity index (χ1) is 16.4. The van der Waals surface area contributed by atoms with Gasteiger partial charge in [-0.3, -0.25) is 19.7 Å². The fraction of sp³-hybridized carbons (Fsp3) is 0.423. The van der Waals surface area contributed by atoms with Gasteiger partial charge in [0.1, 0.15) is 18.4 Å². The summed E-state index contributed by atoms with van der Waals surface area (Å²) in [5.74, 6) is -2.40. The van der Waals surface area contributed by atoms with E-state index in [4.69, 9.17) is 4.74 Å². The molecule has 7 nitrogen and oxygen atoms in total. The first-order valence-corrected chi connectivity index (χ1v) is 11.6. The van der Waals surface area contributed by atoms with Crippen molar-refractivity contribution in [3.05, 3.63) is 71.5 Å². The van der Waals surface area contributed by atoms with E-state index >= 15 is 0 Å². The van der Waals surface area contributed by atoms with Gasteiger partial charge in [0, 0.05) is 12.5 Å². The Morgan fingerprint density at radius 3 is 2.46 bits per heavy atom. The second kappa shape index (κ2) is 13.8. The van der Waals surface area contributed by atoms with Crippen molar-refractivity contribution in [2.24, 2.45) is 0 Å². The van der Waals surface area contributed by atoms with Crippen LogP contribution in [0.25, 0.3) is 0 Å². The Hall–Kier alpha value is -2.97. The van der Waals surface area contributed by atoms with Crippen LogP contribution in [-0.2, 0) is 25.5 Å². The zero-order valence-electron chi connectivity index (χ0n) is 19.7. The third-order valence-electron chi connectivity index (χ3n) is 6.06. The van der Waals surface area contributed by atoms with E-state index in [-0.39, 0.29) is 43.2 Å². The number of benzene rings is 2. The van der Waals surface area contributed by atoms with E-state index in [0.29, 0.717) is 25.7 Å². The Balaban J connectivity index is 0.00000432. The summed E-state index contributed by atoms with van der Waals surface area (Å²) in [7, 11) is 0. The summed E-state index contributed by atoms with van der Waals surface area (Å²) in [4.78, 5) is 38.7. The number of hydrogen-bond donors (Lipinski definition) is 2. The largest absolute Gasteiger partial charge is 0.480 e. The van der Waals surface area contributed by atoms with Crippen LogP contribution in [0.2, 0.25) is 0 Å². The normalized spacial score (nSPS) is 18.8. The molecular weight excluding hydrogens is 475 g/mol. The summed E-state index contributed by atoms with van der Waals surface area (Å²) in [5.41, 5.74) is 1.91. The van der Waals surface area contributed by atoms with Crippen LogP contribution in [0.5, 0.6) is 0 Å². The van der Waals surface area contributed by atoms with Crippen molar-refractivity contribution in [2.45, 2.75) is 50.6 Å². The van der Waals surface area contributed by atoms with E-state index in [9.17, 15) is 23.9 Å². The van der Waals surface area contributed by atoms with E-state index in [1.807, 2.05) is 30.3 Å². The minimum Gasteiger partial charge on any atom is -0.480 e. The lowest BCUT2D eigenvalue weighted by atomic mass is 9.93. The summed E-state index contributed by atoms with van der Waals surface area (Å²) >= 11 is 0. The molecule has 1 aliphatic rings. The molecule has 2 aromatic rings. The number of esters is 1. The number of carbonyl (C=O) groups is 3. The van der Waals surface area contributed by atoms with Crippen molar-refractivity contribution >= 4 is 30.3 Å². The van der Waals surface area contributed by atoms with Crippen LogP contribution in [0.4, 0.5) is 4.39 Å². The fourth-order valence-electron chi connectivity index (χ4n) is 4.34. The smallest absolute Gasteiger partial charge is 0.323 e. The number of carboxylic acids is 1. The summed E-state index contributed by atoms with van der Waals surface area (Å²) < 4.78 is 18.6. The average molecular weight is 507 g/mol. The highest BCUT2D eigenvalue weighted by atomic mass is 35.5. The SMILES string of the molecule is CCOC(=O)[C@H](CCc1ccccc1)N[C@H]1CC[C@H](c2ccc(F)cc2)CN(CC(=O)O)C1=O.Cl. The molecule has 0 unspecified atom stereocenters. The molecule has 0 bridgehead atoms. The predicted octanol–water partition coefficient (Wildman–Crippen LogP) is 3.56. The number of aryl methyl sites for hydroxylation is 1. The monoisotopic (exact) mass is 506 g/mol. The summed E-state index contributed by atoms with van der Waals surface area (Å²) in [6.07, 6.45) is 2.06. The van der Waals surface area contributed by atoms with Gasteiger partial charge in [-0.1, -0.05) is 42.5 Å². The Bertz CT molecular complexity index is 973. The van der Waals surface area contributed by atoms with Crippen LogP contribution in [0.1, 0.15) is 43.2 Å². The molecule has 0 aromatic heterocycles. The lowest BCUT2D eigenvalue weighted by Gasteiger charge is -2.27. The summed E-state index contributed by atoms with van der Waals surface area (Å²) in [6, 6.07) is 14.3. The Morgan fingerprint density at radius 2 is 1.83 bits per heavy atom. The maximum atomic E-state index is 13.4. The predicted molar refractivity (Wildman–Crippen MR) is 132 cm³/mol. The van der Waals surface area contributed by atoms with Crippen LogP contribution in [-0.4, -0.2) is 59.6 Å². The highest BCUT2D eigenvalue weighted by Gasteiger charge is 2.35. The molecular formula is C26H32ClFN2O5. The molecule has 1 saturated heterocycles. The van der Waals surface area contributed by atoms with Crippen molar-refractivity contribution in [3.63, 3.8) is 0 Å². The van der Waals surface area contributed by atoms with Crippen molar-refractivity contribution < 1.29 is 28.6 Å². The second-order valence-electron chi connectivity index (χ2n) is 8.49. The third kappa shape index (κ3) is 8.33. The summed E-state index contributed by atoms with van der Waals surface area (Å²) in [6.45, 7) is 1.72. The lowest BCUT2D eigenvalue weighted by molar-refractivity contribution is -0.148. The number of carboxylic acid groups (broad SMARTS) is 1. The van der Waals surface area contributed by atoms with E-state index in [0.717, 1.165) is 11.1 Å². The zero-order chi connectivity index (χ0) is 24.5. The van der Waals surface area contributed by atoms with E-state index < -0.39 is 30.6 Å². The van der Waals surface area contributed by atoms with Gasteiger partial charge in [-0.15, -0.1) is 12.4 Å². The molecule has 3 rings (SSSR count). The van der Waals surface area contributed by atoms with Gasteiger partial charge in [0.25, 0.3) is 0 Å². The number of nitrogens with one attached hydrogen (secondary N) is 1. The highest BCUT2D eigenvalue weighted by Crippen LogP contribution is 2.28. The molecule has 0 aliphatic carbocycles. The molecule has 2 N–H and O–H groups in total. The molecule has 0 saturated carbocycles. The number of likely N-dealkylation sites (tertiary alicyclic amines) is 1. The standard InChI is InChI=1S/C26H31FN2O5.ClH/c1-2-34-26(33)23(14-8-18-6-4-3-5-7-18)28-22-15-11-20(19-9-12-21(27)13-10-19)16-29(25(22)32)17-24(30)31;/h3-7,9-10,12-13,20,22-23,28H,2,8,11,14-17H2,1H3,(H,30,31);1H/t20-,22-,23-;/m0./s1. The molecule has 190 valence electrons. The third-order valence-corrected chi connectivity index (χ3v) is 6.06. The Labute approximate surface area is 211 Å². The minimum absolute atomic E-state index is 0. The van der Waals surface area contributed by atoms with Crippen LogP contribution in [0.15, 0.2) is 54.6 Å². The molecule has 1 heterocycles. The highest BCUT2D eigenvalue weighted by molar-refractivity contribution is 5.86. The molecule has 2 aromatic carbocycles. The lowest BCUT2D eigenvalue weighted by Crippen LogP contribution is -2.52. The molecule has 0 radical (unpaired) electrons. The average Bonchev–Trinajstić information content (AvgIpc) is 2.96. The van der Waals surface area contributed by atoms with Gasteiger partial charge >= 0.3 is 11.9 Å². The van der Waals surface area contributed by atoms with Gasteiger partial charge < -0.3 is 14.7 Å². The van der Waals surface area contributed by atoms with Crippen LogP contribution in [0, 0.1) is 5.82 Å². The number of carbonyl (C=O) groups excluding carboxylic acids is 2. The number of ether oxygens (including phenoxy) is 1. The Kier molecular flexibility index (Phi) is 11.1. The zero-order valence-corrected chi connectivity index (χ0v) is 20.5. The van der Waals surface area contributed by atoms with Gasteiger partial charge in [-0.25, -0.2) is 4.39 Å². The Morgan fingerprint density at radius 1 is 1.14 bits per heavy atom. The maximum Gasteiger partial charge on any atom is 0.323 e. The maximum absolute atomic E-state index is 13.4. The van der Waals surface area contributed by atoms with Crippen LogP contribution in [0.3, 0.4) is 0 Å². The van der Waals surface area contributed by atoms with Gasteiger partial charge in [0.15, 0.2) is 0 Å². The van der Waals surface area contributed by atoms with E-state index in [1.165, 1.54) is 17.0 Å². The second-order valence-corrected chi connectivity index (χ2v) is 8.49. The number of aliphatic carboxylic acids is 1. The number of nitrogens with zero attached hydrogens (tertiary/aromatic N) is 1. The number of halogens is 2. The van der Waals surface area contributed by atoms with Gasteiger partial charge in [0.05, 0.1) is 12.6 Å². The topological polar surface area (TPSA) is 95.9 Å². The van der Waals surface area contributed by atoms with Crippen molar-refractivity contribution in [1.29, 1.82) is 0 Å². The number of rotatable bonds is 10. The van der Waals surface area contributed by atoms with Gasteiger partial charge in [-0.05, 0) is 55.9 Å². The van der Waals surface area contributed by atoms with E-state index in [2.05, 4.69) is 5.32 Å². The van der Waals surface area contributed by atoms with Crippen molar-refractivity contribution in [3.8, 4) is 0 Å². The molecule has 1 fully saturated rings. The first-order valence-electron chi connectivity index (χ1n) is 11.6. The van der Waals surface area contributed by atoms with Crippen LogP contribution >= 0.6 is 12.4 Å². The molecule has 1 aliphatic heterocycles. The number of amides is 1. The molecule has 3 atom stereocenters. The quantitative estimate of drug-likeness (QED) is 0.478. The number of hydrogen-bond acceptors (Lipinski definition) is 5. The molecule has 0 spiro atoms. The first kappa shape index (κ1) is 28.3. The summed E-state index contributed by atoms with van der Waals surface area (Å²) in [5, 5.41) is 12.5. The van der Waals surface area contributed by atoms with E-state index in [1.54, 1.807) is 19.1 Å². The van der Waals surface area contributed by atoms with Crippen molar-refractivity contribution in [2.75, 3.05) is 19.7 Å². The fourth-order valence-corrected chi connectivity index (χ4v) is 4.34.